The van der Waals surface area contributed by atoms with Gasteiger partial charge in [0.05, 0.1) is 12.0 Å². The Kier molecular flexibility index (Phi) is 5.13. The van der Waals surface area contributed by atoms with E-state index in [9.17, 15) is 23.1 Å². The second-order valence-electron chi connectivity index (χ2n) is 8.89. The van der Waals surface area contributed by atoms with Crippen molar-refractivity contribution < 1.29 is 27.8 Å². The zero-order valence-corrected chi connectivity index (χ0v) is 17.4. The SMILES string of the molecule is CC1(C)CCCN1c1nc(-n2ccc(OCCC3(C(F)(F)F)CC3)n2)ccc1C(=O)O. The van der Waals surface area contributed by atoms with Crippen LogP contribution in [0.2, 0.25) is 0 Å². The molecule has 7 nitrogen and oxygen atoms in total. The average molecular weight is 438 g/mol. The van der Waals surface area contributed by atoms with Gasteiger partial charge in [-0.3, -0.25) is 0 Å². The third kappa shape index (κ3) is 4.07. The number of pyridine rings is 1. The maximum atomic E-state index is 13.0. The normalized spacial score (nSPS) is 19.5. The van der Waals surface area contributed by atoms with Crippen LogP contribution in [-0.4, -0.2) is 50.7 Å². The number of halogens is 3. The molecule has 0 unspecified atom stereocenters. The molecule has 10 heteroatoms. The van der Waals surface area contributed by atoms with Gasteiger partial charge in [0, 0.05) is 24.3 Å². The van der Waals surface area contributed by atoms with Crippen LogP contribution < -0.4 is 9.64 Å². The van der Waals surface area contributed by atoms with Crippen molar-refractivity contribution in [3.05, 3.63) is 30.0 Å². The summed E-state index contributed by atoms with van der Waals surface area (Å²) in [5.74, 6) is -0.0668. The molecule has 3 heterocycles. The van der Waals surface area contributed by atoms with E-state index in [1.807, 2.05) is 18.7 Å². The van der Waals surface area contributed by atoms with Gasteiger partial charge in [-0.2, -0.15) is 13.2 Å². The summed E-state index contributed by atoms with van der Waals surface area (Å²) >= 11 is 0. The fraction of sp³-hybridized carbons (Fsp3) is 0.571. The predicted molar refractivity (Wildman–Crippen MR) is 107 cm³/mol. The van der Waals surface area contributed by atoms with Crippen molar-refractivity contribution >= 4 is 11.8 Å². The molecular formula is C21H25F3N4O3. The summed E-state index contributed by atoms with van der Waals surface area (Å²) in [4.78, 5) is 18.3. The van der Waals surface area contributed by atoms with E-state index >= 15 is 0 Å². The molecule has 0 radical (unpaired) electrons. The average Bonchev–Trinajstić information content (AvgIpc) is 3.20. The standard InChI is InChI=1S/C21H25F3N4O3/c1-19(2)7-3-11-27(19)17-14(18(29)30)4-5-15(25-17)28-12-6-16(26-28)31-13-10-20(8-9-20)21(22,23)24/h4-6,12H,3,7-11,13H2,1-2H3,(H,29,30). The molecule has 1 aliphatic heterocycles. The second kappa shape index (κ2) is 7.42. The highest BCUT2D eigenvalue weighted by molar-refractivity contribution is 5.93. The van der Waals surface area contributed by atoms with E-state index in [2.05, 4.69) is 10.1 Å². The zero-order valence-electron chi connectivity index (χ0n) is 17.4. The minimum absolute atomic E-state index is 0.0743. The van der Waals surface area contributed by atoms with Gasteiger partial charge in [0.2, 0.25) is 5.88 Å². The number of hydrogen-bond acceptors (Lipinski definition) is 5. The van der Waals surface area contributed by atoms with Gasteiger partial charge in [0.1, 0.15) is 11.4 Å². The van der Waals surface area contributed by atoms with E-state index in [4.69, 9.17) is 4.74 Å². The van der Waals surface area contributed by atoms with Crippen LogP contribution in [0.15, 0.2) is 24.4 Å². The van der Waals surface area contributed by atoms with E-state index in [1.54, 1.807) is 18.3 Å². The van der Waals surface area contributed by atoms with Crippen molar-refractivity contribution in [2.45, 2.75) is 57.7 Å². The van der Waals surface area contributed by atoms with Crippen LogP contribution in [0.5, 0.6) is 5.88 Å². The molecule has 0 atom stereocenters. The Morgan fingerprint density at radius 3 is 2.55 bits per heavy atom. The van der Waals surface area contributed by atoms with Gasteiger partial charge < -0.3 is 14.7 Å². The number of aromatic carboxylic acids is 1. The lowest BCUT2D eigenvalue weighted by atomic mass is 10.0. The second-order valence-corrected chi connectivity index (χ2v) is 8.89. The molecule has 0 bridgehead atoms. The molecule has 1 saturated carbocycles. The summed E-state index contributed by atoms with van der Waals surface area (Å²) in [7, 11) is 0. The molecule has 2 aromatic heterocycles. The van der Waals surface area contributed by atoms with E-state index < -0.39 is 17.6 Å². The van der Waals surface area contributed by atoms with Gasteiger partial charge in [0.25, 0.3) is 0 Å². The molecule has 2 aromatic rings. The number of hydrogen-bond donors (Lipinski definition) is 1. The van der Waals surface area contributed by atoms with Crippen molar-refractivity contribution in [2.24, 2.45) is 5.41 Å². The number of aromatic nitrogens is 3. The van der Waals surface area contributed by atoms with Crippen molar-refractivity contribution in [3.8, 4) is 11.7 Å². The number of anilines is 1. The number of rotatable bonds is 7. The van der Waals surface area contributed by atoms with Crippen molar-refractivity contribution in [1.29, 1.82) is 0 Å². The quantitative estimate of drug-likeness (QED) is 0.688. The predicted octanol–water partition coefficient (Wildman–Crippen LogP) is 4.46. The highest BCUT2D eigenvalue weighted by atomic mass is 19.4. The molecule has 2 aliphatic rings. The monoisotopic (exact) mass is 438 g/mol. The third-order valence-electron chi connectivity index (χ3n) is 6.33. The number of carbonyl (C=O) groups is 1. The Bertz CT molecular complexity index is 982. The lowest BCUT2D eigenvalue weighted by Gasteiger charge is -2.33. The summed E-state index contributed by atoms with van der Waals surface area (Å²) in [5, 5.41) is 13.8. The molecule has 2 fully saturated rings. The Balaban J connectivity index is 1.51. The molecule has 1 aliphatic carbocycles. The van der Waals surface area contributed by atoms with Crippen LogP contribution in [0.25, 0.3) is 5.82 Å². The van der Waals surface area contributed by atoms with Crippen molar-refractivity contribution in [1.82, 2.24) is 14.8 Å². The molecule has 0 aromatic carbocycles. The van der Waals surface area contributed by atoms with Gasteiger partial charge >= 0.3 is 12.1 Å². The van der Waals surface area contributed by atoms with Crippen LogP contribution in [0, 0.1) is 5.41 Å². The summed E-state index contributed by atoms with van der Waals surface area (Å²) in [6.07, 6.45) is -0.552. The van der Waals surface area contributed by atoms with Crippen LogP contribution in [-0.2, 0) is 0 Å². The van der Waals surface area contributed by atoms with Gasteiger partial charge in [-0.15, -0.1) is 5.10 Å². The first-order valence-electron chi connectivity index (χ1n) is 10.3. The number of carboxylic acid groups (broad SMARTS) is 1. The number of alkyl halides is 3. The molecule has 31 heavy (non-hydrogen) atoms. The van der Waals surface area contributed by atoms with Gasteiger partial charge in [0.15, 0.2) is 5.82 Å². The Labute approximate surface area is 177 Å². The first-order valence-corrected chi connectivity index (χ1v) is 10.3. The minimum Gasteiger partial charge on any atom is -0.478 e. The van der Waals surface area contributed by atoms with Crippen LogP contribution in [0.4, 0.5) is 19.0 Å². The van der Waals surface area contributed by atoms with Crippen molar-refractivity contribution in [2.75, 3.05) is 18.1 Å². The van der Waals surface area contributed by atoms with E-state index in [0.29, 0.717) is 18.2 Å². The van der Waals surface area contributed by atoms with Gasteiger partial charge in [-0.25, -0.2) is 14.5 Å². The highest BCUT2D eigenvalue weighted by Crippen LogP contribution is 2.59. The van der Waals surface area contributed by atoms with Gasteiger partial charge in [-0.1, -0.05) is 0 Å². The topological polar surface area (TPSA) is 80.5 Å². The van der Waals surface area contributed by atoms with E-state index in [-0.39, 0.29) is 42.9 Å². The lowest BCUT2D eigenvalue weighted by molar-refractivity contribution is -0.190. The summed E-state index contributed by atoms with van der Waals surface area (Å²) in [6.45, 7) is 4.73. The van der Waals surface area contributed by atoms with Crippen LogP contribution >= 0.6 is 0 Å². The summed E-state index contributed by atoms with van der Waals surface area (Å²) in [5.41, 5.74) is -1.71. The molecule has 4 rings (SSSR count). The summed E-state index contributed by atoms with van der Waals surface area (Å²) in [6, 6.07) is 4.60. The molecule has 168 valence electrons. The van der Waals surface area contributed by atoms with Crippen LogP contribution in [0.1, 0.15) is 56.3 Å². The Hall–Kier alpha value is -2.78. The smallest absolute Gasteiger partial charge is 0.394 e. The number of nitrogens with zero attached hydrogens (tertiary/aromatic N) is 4. The Morgan fingerprint density at radius 2 is 1.97 bits per heavy atom. The van der Waals surface area contributed by atoms with Crippen molar-refractivity contribution in [3.63, 3.8) is 0 Å². The fourth-order valence-corrected chi connectivity index (χ4v) is 4.13. The van der Waals surface area contributed by atoms with Gasteiger partial charge in [-0.05, 0) is 58.1 Å². The third-order valence-corrected chi connectivity index (χ3v) is 6.33. The van der Waals surface area contributed by atoms with E-state index in [1.165, 1.54) is 10.7 Å². The first kappa shape index (κ1) is 21.5. The largest absolute Gasteiger partial charge is 0.478 e. The fourth-order valence-electron chi connectivity index (χ4n) is 4.13. The van der Waals surface area contributed by atoms with Crippen LogP contribution in [0.3, 0.4) is 0 Å². The molecule has 1 saturated heterocycles. The maximum absolute atomic E-state index is 13.0. The molecule has 0 spiro atoms. The number of carboxylic acids is 1. The number of ether oxygens (including phenoxy) is 1. The van der Waals surface area contributed by atoms with E-state index in [0.717, 1.165) is 12.8 Å². The highest BCUT2D eigenvalue weighted by Gasteiger charge is 2.62. The Morgan fingerprint density at radius 1 is 1.23 bits per heavy atom. The maximum Gasteiger partial charge on any atom is 0.394 e. The minimum atomic E-state index is -4.20. The summed E-state index contributed by atoms with van der Waals surface area (Å²) < 4.78 is 46.0. The molecule has 1 N–H and O–H groups in total. The first-order chi connectivity index (χ1) is 14.5. The lowest BCUT2D eigenvalue weighted by Crippen LogP contribution is -2.39. The zero-order chi connectivity index (χ0) is 22.4. The molecule has 0 amide bonds. The molecular weight excluding hydrogens is 413 g/mol.